The molecule has 0 aromatic heterocycles. The molecule has 1 aliphatic heterocycles. The molecule has 2 amide bonds. The second kappa shape index (κ2) is 4.46. The zero-order valence-electron chi connectivity index (χ0n) is 8.54. The van der Waals surface area contributed by atoms with E-state index in [0.29, 0.717) is 5.92 Å². The summed E-state index contributed by atoms with van der Waals surface area (Å²) in [5.41, 5.74) is 0. The van der Waals surface area contributed by atoms with E-state index in [1.54, 1.807) is 12.0 Å². The third-order valence-corrected chi connectivity index (χ3v) is 2.13. The number of hydrogen-bond acceptors (Lipinski definition) is 2. The third-order valence-electron chi connectivity index (χ3n) is 2.13. The largest absolute Gasteiger partial charge is 0.378 e. The van der Waals surface area contributed by atoms with Crippen molar-refractivity contribution in [1.82, 2.24) is 10.2 Å². The van der Waals surface area contributed by atoms with Crippen molar-refractivity contribution in [3.63, 3.8) is 0 Å². The molecule has 1 N–H and O–H groups in total. The van der Waals surface area contributed by atoms with Crippen LogP contribution in [0, 0.1) is 5.92 Å². The Bertz CT molecular complexity index is 176. The van der Waals surface area contributed by atoms with Gasteiger partial charge in [-0.05, 0) is 5.92 Å². The van der Waals surface area contributed by atoms with Crippen molar-refractivity contribution in [2.75, 3.05) is 26.7 Å². The lowest BCUT2D eigenvalue weighted by molar-refractivity contribution is -0.00773. The Balaban J connectivity index is 2.12. The van der Waals surface area contributed by atoms with Crippen LogP contribution in [0.25, 0.3) is 0 Å². The van der Waals surface area contributed by atoms with Gasteiger partial charge >= 0.3 is 6.03 Å². The van der Waals surface area contributed by atoms with E-state index in [0.717, 1.165) is 19.6 Å². The first-order valence-corrected chi connectivity index (χ1v) is 4.69. The number of rotatable bonds is 3. The number of nitrogens with zero attached hydrogens (tertiary/aromatic N) is 1. The normalized spacial score (nSPS) is 17.4. The van der Waals surface area contributed by atoms with Crippen LogP contribution >= 0.6 is 0 Å². The van der Waals surface area contributed by atoms with Crippen molar-refractivity contribution >= 4 is 6.03 Å². The number of amides is 2. The summed E-state index contributed by atoms with van der Waals surface area (Å²) in [4.78, 5) is 13.1. The number of urea groups is 1. The van der Waals surface area contributed by atoms with Gasteiger partial charge < -0.3 is 15.0 Å². The summed E-state index contributed by atoms with van der Waals surface area (Å²) in [5.74, 6) is 0.503. The second-order valence-electron chi connectivity index (χ2n) is 3.84. The number of carbonyl (C=O) groups is 1. The van der Waals surface area contributed by atoms with Crippen LogP contribution in [-0.4, -0.2) is 43.8 Å². The molecule has 1 fully saturated rings. The minimum Gasteiger partial charge on any atom is -0.378 e. The van der Waals surface area contributed by atoms with E-state index in [1.165, 1.54) is 0 Å². The van der Waals surface area contributed by atoms with Crippen LogP contribution in [0.3, 0.4) is 0 Å². The van der Waals surface area contributed by atoms with E-state index in [-0.39, 0.29) is 12.1 Å². The van der Waals surface area contributed by atoms with Crippen LogP contribution in [0.1, 0.15) is 13.8 Å². The van der Waals surface area contributed by atoms with Gasteiger partial charge in [0.1, 0.15) is 0 Å². The molecule has 4 heteroatoms. The van der Waals surface area contributed by atoms with Gasteiger partial charge in [0.05, 0.1) is 19.2 Å². The van der Waals surface area contributed by atoms with Crippen molar-refractivity contribution in [2.24, 2.45) is 5.92 Å². The van der Waals surface area contributed by atoms with E-state index >= 15 is 0 Å². The maximum Gasteiger partial charge on any atom is 0.317 e. The molecular formula is C9H18N2O2. The number of ether oxygens (including phenoxy) is 1. The molecule has 0 aromatic carbocycles. The Kier molecular flexibility index (Phi) is 3.54. The van der Waals surface area contributed by atoms with Gasteiger partial charge in [0.15, 0.2) is 0 Å². The topological polar surface area (TPSA) is 41.6 Å². The molecule has 1 saturated heterocycles. The van der Waals surface area contributed by atoms with Gasteiger partial charge in [0.2, 0.25) is 0 Å². The summed E-state index contributed by atoms with van der Waals surface area (Å²) >= 11 is 0. The molecule has 0 aliphatic carbocycles. The van der Waals surface area contributed by atoms with Gasteiger partial charge in [-0.25, -0.2) is 4.79 Å². The molecular weight excluding hydrogens is 168 g/mol. The SMILES string of the molecule is COC1CN(C(=O)NCC(C)C)C1. The molecule has 76 valence electrons. The van der Waals surface area contributed by atoms with Gasteiger partial charge in [-0.3, -0.25) is 0 Å². The molecule has 0 unspecified atom stereocenters. The first kappa shape index (κ1) is 10.3. The van der Waals surface area contributed by atoms with Gasteiger partial charge in [-0.1, -0.05) is 13.8 Å². The quantitative estimate of drug-likeness (QED) is 0.704. The van der Waals surface area contributed by atoms with E-state index in [2.05, 4.69) is 19.2 Å². The number of nitrogens with one attached hydrogen (secondary N) is 1. The number of likely N-dealkylation sites (tertiary alicyclic amines) is 1. The predicted molar refractivity (Wildman–Crippen MR) is 50.6 cm³/mol. The third kappa shape index (κ3) is 2.88. The molecule has 0 bridgehead atoms. The lowest BCUT2D eigenvalue weighted by atomic mass is 10.2. The highest BCUT2D eigenvalue weighted by Gasteiger charge is 2.30. The van der Waals surface area contributed by atoms with Gasteiger partial charge in [-0.2, -0.15) is 0 Å². The Hall–Kier alpha value is -0.770. The Morgan fingerprint density at radius 2 is 2.23 bits per heavy atom. The fourth-order valence-corrected chi connectivity index (χ4v) is 1.16. The Labute approximate surface area is 79.2 Å². The zero-order valence-corrected chi connectivity index (χ0v) is 8.54. The van der Waals surface area contributed by atoms with Crippen LogP contribution in [0.15, 0.2) is 0 Å². The van der Waals surface area contributed by atoms with Crippen molar-refractivity contribution in [3.8, 4) is 0 Å². The highest BCUT2D eigenvalue weighted by Crippen LogP contribution is 2.10. The van der Waals surface area contributed by atoms with E-state index in [1.807, 2.05) is 0 Å². The van der Waals surface area contributed by atoms with Crippen molar-refractivity contribution in [2.45, 2.75) is 20.0 Å². The van der Waals surface area contributed by atoms with Crippen LogP contribution in [-0.2, 0) is 4.74 Å². The molecule has 1 aliphatic rings. The molecule has 13 heavy (non-hydrogen) atoms. The highest BCUT2D eigenvalue weighted by molar-refractivity contribution is 5.75. The molecule has 0 atom stereocenters. The lowest BCUT2D eigenvalue weighted by Crippen LogP contribution is -2.57. The zero-order chi connectivity index (χ0) is 9.84. The second-order valence-corrected chi connectivity index (χ2v) is 3.84. The van der Waals surface area contributed by atoms with Crippen molar-refractivity contribution in [3.05, 3.63) is 0 Å². The average molecular weight is 186 g/mol. The van der Waals surface area contributed by atoms with Crippen molar-refractivity contribution < 1.29 is 9.53 Å². The van der Waals surface area contributed by atoms with E-state index < -0.39 is 0 Å². The molecule has 0 aromatic rings. The average Bonchev–Trinajstić information content (AvgIpc) is 1.99. The Morgan fingerprint density at radius 3 is 2.69 bits per heavy atom. The minimum absolute atomic E-state index is 0.0296. The monoisotopic (exact) mass is 186 g/mol. The van der Waals surface area contributed by atoms with Crippen LogP contribution in [0.2, 0.25) is 0 Å². The van der Waals surface area contributed by atoms with Crippen LogP contribution in [0.4, 0.5) is 4.79 Å². The van der Waals surface area contributed by atoms with E-state index in [9.17, 15) is 4.79 Å². The fourth-order valence-electron chi connectivity index (χ4n) is 1.16. The summed E-state index contributed by atoms with van der Waals surface area (Å²) < 4.78 is 5.07. The molecule has 0 saturated carbocycles. The van der Waals surface area contributed by atoms with Gasteiger partial charge in [-0.15, -0.1) is 0 Å². The molecule has 1 heterocycles. The summed E-state index contributed by atoms with van der Waals surface area (Å²) in [6.45, 7) is 6.34. The van der Waals surface area contributed by atoms with Gasteiger partial charge in [0.25, 0.3) is 0 Å². The van der Waals surface area contributed by atoms with Crippen molar-refractivity contribution in [1.29, 1.82) is 0 Å². The summed E-state index contributed by atoms with van der Waals surface area (Å²) in [6.07, 6.45) is 0.241. The van der Waals surface area contributed by atoms with Crippen LogP contribution in [0.5, 0.6) is 0 Å². The summed E-state index contributed by atoms with van der Waals surface area (Å²) in [6, 6.07) is 0.0296. The summed E-state index contributed by atoms with van der Waals surface area (Å²) in [7, 11) is 1.67. The first-order chi connectivity index (χ1) is 6.13. The molecule has 0 spiro atoms. The van der Waals surface area contributed by atoms with Crippen LogP contribution < -0.4 is 5.32 Å². The molecule has 4 nitrogen and oxygen atoms in total. The Morgan fingerprint density at radius 1 is 1.62 bits per heavy atom. The standard InChI is InChI=1S/C9H18N2O2/c1-7(2)4-10-9(12)11-5-8(6-11)13-3/h7-8H,4-6H2,1-3H3,(H,10,12). The maximum absolute atomic E-state index is 11.4. The smallest absolute Gasteiger partial charge is 0.317 e. The summed E-state index contributed by atoms with van der Waals surface area (Å²) in [5, 5.41) is 2.86. The maximum atomic E-state index is 11.4. The van der Waals surface area contributed by atoms with E-state index in [4.69, 9.17) is 4.74 Å². The molecule has 0 radical (unpaired) electrons. The predicted octanol–water partition coefficient (Wildman–Crippen LogP) is 0.683. The minimum atomic E-state index is 0.0296. The number of methoxy groups -OCH3 is 1. The lowest BCUT2D eigenvalue weighted by Gasteiger charge is -2.38. The number of carbonyl (C=O) groups excluding carboxylic acids is 1. The van der Waals surface area contributed by atoms with Gasteiger partial charge in [0, 0.05) is 13.7 Å². The fraction of sp³-hybridized carbons (Fsp3) is 0.889. The molecule has 1 rings (SSSR count). The highest BCUT2D eigenvalue weighted by atomic mass is 16.5. The first-order valence-electron chi connectivity index (χ1n) is 4.69. The number of hydrogen-bond donors (Lipinski definition) is 1.